The minimum absolute atomic E-state index is 0.153. The van der Waals surface area contributed by atoms with Gasteiger partial charge in [0.2, 0.25) is 0 Å². The average Bonchev–Trinajstić information content (AvgIpc) is 3.13. The molecule has 6 rings (SSSR count). The maximum absolute atomic E-state index is 5.01. The summed E-state index contributed by atoms with van der Waals surface area (Å²) in [5.41, 5.74) is 9.41. The molecule has 0 spiro atoms. The number of hydrogen-bond donors (Lipinski definition) is 0. The first-order chi connectivity index (χ1) is 16.5. The van der Waals surface area contributed by atoms with E-state index < -0.39 is 0 Å². The fourth-order valence-corrected chi connectivity index (χ4v) is 5.20. The number of benzene rings is 4. The Balaban J connectivity index is 1.64. The summed E-state index contributed by atoms with van der Waals surface area (Å²) in [4.78, 5) is 14.9. The number of hydrogen-bond acceptors (Lipinski definition) is 3. The molecule has 4 aromatic carbocycles. The van der Waals surface area contributed by atoms with Crippen molar-refractivity contribution in [2.75, 3.05) is 0 Å². The summed E-state index contributed by atoms with van der Waals surface area (Å²) in [5.74, 6) is 2.09. The molecule has 0 bridgehead atoms. The van der Waals surface area contributed by atoms with Crippen LogP contribution in [0.2, 0.25) is 0 Å². The Labute approximate surface area is 200 Å². The van der Waals surface area contributed by atoms with E-state index in [9.17, 15) is 0 Å². The Morgan fingerprint density at radius 1 is 0.529 bits per heavy atom. The third-order valence-electron chi connectivity index (χ3n) is 6.85. The predicted octanol–water partition coefficient (Wildman–Crippen LogP) is 7.49. The van der Waals surface area contributed by atoms with Crippen LogP contribution in [0.1, 0.15) is 30.5 Å². The van der Waals surface area contributed by atoms with E-state index in [0.717, 1.165) is 16.7 Å². The highest BCUT2D eigenvalue weighted by Gasteiger charge is 2.38. The number of nitrogens with zero attached hydrogens (tertiary/aromatic N) is 3. The molecule has 1 aliphatic rings. The predicted molar refractivity (Wildman–Crippen MR) is 138 cm³/mol. The van der Waals surface area contributed by atoms with Crippen molar-refractivity contribution in [3.63, 3.8) is 0 Å². The molecule has 0 fully saturated rings. The van der Waals surface area contributed by atoms with Crippen LogP contribution >= 0.6 is 0 Å². The molecule has 0 radical (unpaired) electrons. The van der Waals surface area contributed by atoms with Crippen LogP contribution < -0.4 is 0 Å². The van der Waals surface area contributed by atoms with Crippen LogP contribution in [-0.2, 0) is 5.41 Å². The quantitative estimate of drug-likeness (QED) is 0.292. The van der Waals surface area contributed by atoms with Crippen LogP contribution in [0.3, 0.4) is 0 Å². The Morgan fingerprint density at radius 3 is 1.68 bits per heavy atom. The summed E-state index contributed by atoms with van der Waals surface area (Å²) in [6.45, 7) is 6.80. The van der Waals surface area contributed by atoms with Gasteiger partial charge in [0, 0.05) is 22.1 Å². The second-order valence-corrected chi connectivity index (χ2v) is 9.39. The molecule has 0 saturated heterocycles. The molecular weight excluding hydrogens is 414 g/mol. The lowest BCUT2D eigenvalue weighted by Gasteiger charge is -2.24. The van der Waals surface area contributed by atoms with Gasteiger partial charge in [-0.25, -0.2) is 15.0 Å². The van der Waals surface area contributed by atoms with E-state index in [2.05, 4.69) is 57.2 Å². The minimum atomic E-state index is -0.153. The molecule has 1 heterocycles. The number of fused-ring (bicyclic) bond motifs is 3. The molecule has 5 aromatic rings. The summed E-state index contributed by atoms with van der Waals surface area (Å²) < 4.78 is 0. The molecule has 0 atom stereocenters. The lowest BCUT2D eigenvalue weighted by molar-refractivity contribution is 0.661. The molecule has 3 nitrogen and oxygen atoms in total. The van der Waals surface area contributed by atoms with Crippen molar-refractivity contribution in [2.24, 2.45) is 0 Å². The van der Waals surface area contributed by atoms with Crippen molar-refractivity contribution < 1.29 is 0 Å². The Morgan fingerprint density at radius 2 is 1.06 bits per heavy atom. The third kappa shape index (κ3) is 3.16. The van der Waals surface area contributed by atoms with Crippen LogP contribution in [0, 0.1) is 6.92 Å². The van der Waals surface area contributed by atoms with Crippen molar-refractivity contribution in [3.8, 4) is 45.3 Å². The monoisotopic (exact) mass is 439 g/mol. The van der Waals surface area contributed by atoms with Crippen LogP contribution in [0.4, 0.5) is 0 Å². The van der Waals surface area contributed by atoms with Crippen LogP contribution in [0.5, 0.6) is 0 Å². The van der Waals surface area contributed by atoms with Crippen LogP contribution in [-0.4, -0.2) is 15.0 Å². The first-order valence-electron chi connectivity index (χ1n) is 11.7. The van der Waals surface area contributed by atoms with Gasteiger partial charge in [-0.05, 0) is 34.7 Å². The standard InChI is InChI=1S/C31H25N3/c1-20-18-19-24(27-26(20)23-16-10-11-17-25(23)31(27,2)3)30-33-28(21-12-6-4-7-13-21)32-29(34-30)22-14-8-5-9-15-22/h4-19H,1-3H3. The van der Waals surface area contributed by atoms with Gasteiger partial charge in [0.05, 0.1) is 0 Å². The van der Waals surface area contributed by atoms with E-state index >= 15 is 0 Å². The van der Waals surface area contributed by atoms with Crippen molar-refractivity contribution >= 4 is 0 Å². The number of rotatable bonds is 3. The van der Waals surface area contributed by atoms with E-state index in [1.165, 1.54) is 27.8 Å². The zero-order chi connectivity index (χ0) is 23.3. The van der Waals surface area contributed by atoms with Gasteiger partial charge in [-0.2, -0.15) is 0 Å². The first kappa shape index (κ1) is 20.5. The van der Waals surface area contributed by atoms with E-state index in [1.807, 2.05) is 60.7 Å². The van der Waals surface area contributed by atoms with Crippen LogP contribution in [0.25, 0.3) is 45.3 Å². The molecule has 0 N–H and O–H groups in total. The van der Waals surface area contributed by atoms with Gasteiger partial charge in [-0.15, -0.1) is 0 Å². The molecule has 1 aliphatic carbocycles. The highest BCUT2D eigenvalue weighted by atomic mass is 15.0. The maximum Gasteiger partial charge on any atom is 0.164 e. The lowest BCUT2D eigenvalue weighted by Crippen LogP contribution is -2.17. The number of aryl methyl sites for hydroxylation is 1. The summed E-state index contributed by atoms with van der Waals surface area (Å²) in [7, 11) is 0. The van der Waals surface area contributed by atoms with Crippen molar-refractivity contribution in [1.29, 1.82) is 0 Å². The SMILES string of the molecule is Cc1ccc(-c2nc(-c3ccccc3)nc(-c3ccccc3)n2)c2c1-c1ccccc1C2(C)C. The second kappa shape index (κ2) is 7.74. The van der Waals surface area contributed by atoms with E-state index in [-0.39, 0.29) is 5.41 Å². The summed E-state index contributed by atoms with van der Waals surface area (Å²) in [6, 6.07) is 33.4. The van der Waals surface area contributed by atoms with Gasteiger partial charge >= 0.3 is 0 Å². The van der Waals surface area contributed by atoms with Crippen LogP contribution in [0.15, 0.2) is 97.1 Å². The zero-order valence-electron chi connectivity index (χ0n) is 19.6. The molecule has 0 saturated carbocycles. The summed E-state index contributed by atoms with van der Waals surface area (Å²) >= 11 is 0. The molecule has 34 heavy (non-hydrogen) atoms. The molecule has 164 valence electrons. The largest absolute Gasteiger partial charge is 0.208 e. The third-order valence-corrected chi connectivity index (χ3v) is 6.85. The molecule has 1 aromatic heterocycles. The highest BCUT2D eigenvalue weighted by Crippen LogP contribution is 2.52. The molecule has 0 unspecified atom stereocenters. The summed E-state index contributed by atoms with van der Waals surface area (Å²) in [5, 5.41) is 0. The van der Waals surface area contributed by atoms with Crippen molar-refractivity contribution in [3.05, 3.63) is 114 Å². The fraction of sp³-hybridized carbons (Fsp3) is 0.129. The maximum atomic E-state index is 5.01. The van der Waals surface area contributed by atoms with E-state index in [0.29, 0.717) is 17.5 Å². The molecular formula is C31H25N3. The molecule has 0 amide bonds. The van der Waals surface area contributed by atoms with Crippen molar-refractivity contribution in [2.45, 2.75) is 26.2 Å². The Bertz CT molecular complexity index is 1460. The lowest BCUT2D eigenvalue weighted by atomic mass is 9.79. The molecule has 3 heteroatoms. The minimum Gasteiger partial charge on any atom is -0.208 e. The zero-order valence-corrected chi connectivity index (χ0v) is 19.6. The topological polar surface area (TPSA) is 38.7 Å². The normalized spacial score (nSPS) is 13.4. The van der Waals surface area contributed by atoms with Gasteiger partial charge in [-0.3, -0.25) is 0 Å². The fourth-order valence-electron chi connectivity index (χ4n) is 5.20. The second-order valence-electron chi connectivity index (χ2n) is 9.39. The summed E-state index contributed by atoms with van der Waals surface area (Å²) in [6.07, 6.45) is 0. The van der Waals surface area contributed by atoms with E-state index in [4.69, 9.17) is 15.0 Å². The van der Waals surface area contributed by atoms with E-state index in [1.54, 1.807) is 0 Å². The van der Waals surface area contributed by atoms with Gasteiger partial charge in [-0.1, -0.05) is 111 Å². The van der Waals surface area contributed by atoms with Crippen molar-refractivity contribution in [1.82, 2.24) is 15.0 Å². The Hall–Kier alpha value is -4.11. The molecule has 0 aliphatic heterocycles. The smallest absolute Gasteiger partial charge is 0.164 e. The Kier molecular flexibility index (Phi) is 4.66. The number of aromatic nitrogens is 3. The van der Waals surface area contributed by atoms with Gasteiger partial charge < -0.3 is 0 Å². The van der Waals surface area contributed by atoms with Gasteiger partial charge in [0.15, 0.2) is 17.5 Å². The average molecular weight is 440 g/mol. The highest BCUT2D eigenvalue weighted by molar-refractivity contribution is 5.89. The first-order valence-corrected chi connectivity index (χ1v) is 11.7. The van der Waals surface area contributed by atoms with Gasteiger partial charge in [0.1, 0.15) is 0 Å². The van der Waals surface area contributed by atoms with Gasteiger partial charge in [0.25, 0.3) is 0 Å².